The summed E-state index contributed by atoms with van der Waals surface area (Å²) >= 11 is 0. The van der Waals surface area contributed by atoms with Gasteiger partial charge in [-0.2, -0.15) is 0 Å². The van der Waals surface area contributed by atoms with Gasteiger partial charge in [-0.25, -0.2) is 8.42 Å². The van der Waals surface area contributed by atoms with Crippen LogP contribution in [0, 0.1) is 0 Å². The first-order valence-electron chi connectivity index (χ1n) is 11.0. The van der Waals surface area contributed by atoms with Crippen molar-refractivity contribution in [3.05, 3.63) is 48.0 Å². The fourth-order valence-electron chi connectivity index (χ4n) is 3.73. The summed E-state index contributed by atoms with van der Waals surface area (Å²) in [5, 5.41) is 2.82. The van der Waals surface area contributed by atoms with Gasteiger partial charge in [0.15, 0.2) is 11.5 Å². The average Bonchev–Trinajstić information content (AvgIpc) is 3.06. The van der Waals surface area contributed by atoms with Crippen LogP contribution in [0.4, 0.5) is 5.69 Å². The monoisotopic (exact) mass is 473 g/mol. The Morgan fingerprint density at radius 2 is 1.76 bits per heavy atom. The number of hydrogen-bond donors (Lipinski definition) is 2. The molecule has 10 heteroatoms. The van der Waals surface area contributed by atoms with Gasteiger partial charge in [0.1, 0.15) is 0 Å². The van der Waals surface area contributed by atoms with Gasteiger partial charge in [0.25, 0.3) is 15.9 Å². The molecule has 0 aromatic heterocycles. The molecule has 1 saturated heterocycles. The van der Waals surface area contributed by atoms with Gasteiger partial charge in [-0.1, -0.05) is 0 Å². The largest absolute Gasteiger partial charge is 0.490 e. The fourth-order valence-corrected chi connectivity index (χ4v) is 4.80. The third-order valence-corrected chi connectivity index (χ3v) is 6.87. The van der Waals surface area contributed by atoms with Gasteiger partial charge < -0.3 is 19.7 Å². The summed E-state index contributed by atoms with van der Waals surface area (Å²) in [5.41, 5.74) is 0.761. The number of anilines is 1. The van der Waals surface area contributed by atoms with Crippen LogP contribution >= 0.6 is 0 Å². The van der Waals surface area contributed by atoms with E-state index in [4.69, 9.17) is 9.47 Å². The lowest BCUT2D eigenvalue weighted by Gasteiger charge is -2.15. The van der Waals surface area contributed by atoms with Crippen LogP contribution in [0.25, 0.3) is 0 Å². The quantitative estimate of drug-likeness (QED) is 0.569. The molecular formula is C23H27N3O6S. The van der Waals surface area contributed by atoms with E-state index >= 15 is 0 Å². The van der Waals surface area contributed by atoms with Crippen LogP contribution in [0.3, 0.4) is 0 Å². The number of ether oxygens (including phenoxy) is 2. The molecule has 0 unspecified atom stereocenters. The summed E-state index contributed by atoms with van der Waals surface area (Å²) in [6, 6.07) is 10.7. The maximum Gasteiger partial charge on any atom is 0.262 e. The summed E-state index contributed by atoms with van der Waals surface area (Å²) in [6.45, 7) is 2.87. The lowest BCUT2D eigenvalue weighted by Crippen LogP contribution is -2.30. The Kier molecular flexibility index (Phi) is 7.02. The van der Waals surface area contributed by atoms with Crippen molar-refractivity contribution >= 4 is 27.5 Å². The maximum absolute atomic E-state index is 12.8. The van der Waals surface area contributed by atoms with Crippen LogP contribution in [0.5, 0.6) is 11.5 Å². The zero-order valence-corrected chi connectivity index (χ0v) is 19.0. The van der Waals surface area contributed by atoms with Crippen molar-refractivity contribution in [1.29, 1.82) is 0 Å². The Labute approximate surface area is 193 Å². The number of nitrogens with zero attached hydrogens (tertiary/aromatic N) is 1. The topological polar surface area (TPSA) is 114 Å². The molecule has 4 rings (SSSR count). The summed E-state index contributed by atoms with van der Waals surface area (Å²) < 4.78 is 39.2. The van der Waals surface area contributed by atoms with Crippen molar-refractivity contribution in [3.63, 3.8) is 0 Å². The molecule has 176 valence electrons. The van der Waals surface area contributed by atoms with E-state index < -0.39 is 10.0 Å². The van der Waals surface area contributed by atoms with E-state index in [0.717, 1.165) is 19.4 Å². The van der Waals surface area contributed by atoms with Crippen LogP contribution in [0.2, 0.25) is 0 Å². The molecule has 33 heavy (non-hydrogen) atoms. The van der Waals surface area contributed by atoms with Gasteiger partial charge in [-0.05, 0) is 49.2 Å². The minimum Gasteiger partial charge on any atom is -0.490 e. The van der Waals surface area contributed by atoms with Crippen molar-refractivity contribution < 1.29 is 27.5 Å². The summed E-state index contributed by atoms with van der Waals surface area (Å²) in [4.78, 5) is 25.8. The number of hydrogen-bond acceptors (Lipinski definition) is 6. The number of fused-ring (bicyclic) bond motifs is 1. The molecule has 2 amide bonds. The van der Waals surface area contributed by atoms with E-state index in [9.17, 15) is 18.0 Å². The molecule has 2 heterocycles. The van der Waals surface area contributed by atoms with Gasteiger partial charge in [0, 0.05) is 49.8 Å². The van der Waals surface area contributed by atoms with E-state index in [-0.39, 0.29) is 16.7 Å². The van der Waals surface area contributed by atoms with E-state index in [0.29, 0.717) is 61.9 Å². The molecule has 2 N–H and O–H groups in total. The van der Waals surface area contributed by atoms with Crippen LogP contribution in [-0.4, -0.2) is 58.0 Å². The van der Waals surface area contributed by atoms with Gasteiger partial charge in [-0.15, -0.1) is 0 Å². The first-order valence-corrected chi connectivity index (χ1v) is 12.5. The van der Waals surface area contributed by atoms with Crippen LogP contribution in [0.15, 0.2) is 47.4 Å². The minimum atomic E-state index is -3.84. The molecule has 2 aliphatic rings. The molecule has 0 spiro atoms. The molecule has 1 fully saturated rings. The number of benzene rings is 2. The zero-order chi connectivity index (χ0) is 23.3. The Hall–Kier alpha value is -3.27. The molecule has 0 atom stereocenters. The highest BCUT2D eigenvalue weighted by Crippen LogP contribution is 2.32. The first kappa shape index (κ1) is 22.9. The van der Waals surface area contributed by atoms with Gasteiger partial charge >= 0.3 is 0 Å². The highest BCUT2D eigenvalue weighted by molar-refractivity contribution is 7.92. The highest BCUT2D eigenvalue weighted by atomic mass is 32.2. The highest BCUT2D eigenvalue weighted by Gasteiger charge is 2.20. The normalized spacial score (nSPS) is 15.8. The Bertz CT molecular complexity index is 1120. The molecule has 0 bridgehead atoms. The first-order chi connectivity index (χ1) is 15.9. The molecule has 2 aliphatic heterocycles. The number of likely N-dealkylation sites (tertiary alicyclic amines) is 1. The maximum atomic E-state index is 12.8. The predicted molar refractivity (Wildman–Crippen MR) is 122 cm³/mol. The molecule has 2 aromatic carbocycles. The summed E-state index contributed by atoms with van der Waals surface area (Å²) in [6.07, 6.45) is 2.92. The van der Waals surface area contributed by atoms with Crippen LogP contribution in [0.1, 0.15) is 36.0 Å². The number of carbonyl (C=O) groups excluding carboxylic acids is 2. The van der Waals surface area contributed by atoms with Gasteiger partial charge in [-0.3, -0.25) is 14.3 Å². The van der Waals surface area contributed by atoms with E-state index in [1.165, 1.54) is 12.1 Å². The molecule has 0 radical (unpaired) electrons. The van der Waals surface area contributed by atoms with Crippen LogP contribution < -0.4 is 19.5 Å². The van der Waals surface area contributed by atoms with E-state index in [1.807, 2.05) is 4.90 Å². The molecule has 0 aliphatic carbocycles. The zero-order valence-electron chi connectivity index (χ0n) is 18.2. The fraction of sp³-hybridized carbons (Fsp3) is 0.391. The van der Waals surface area contributed by atoms with Gasteiger partial charge in [0.05, 0.1) is 18.1 Å². The molecule has 2 aromatic rings. The second kappa shape index (κ2) is 10.1. The van der Waals surface area contributed by atoms with Crippen molar-refractivity contribution in [2.24, 2.45) is 0 Å². The van der Waals surface area contributed by atoms with Crippen molar-refractivity contribution in [3.8, 4) is 11.5 Å². The number of rotatable bonds is 8. The van der Waals surface area contributed by atoms with Crippen LogP contribution in [-0.2, 0) is 14.8 Å². The van der Waals surface area contributed by atoms with Crippen molar-refractivity contribution in [2.45, 2.75) is 30.6 Å². The lowest BCUT2D eigenvalue weighted by molar-refractivity contribution is -0.127. The molecule has 0 saturated carbocycles. The lowest BCUT2D eigenvalue weighted by atomic mass is 10.2. The number of carbonyl (C=O) groups is 2. The number of sulfonamides is 1. The average molecular weight is 474 g/mol. The molecule has 9 nitrogen and oxygen atoms in total. The summed E-state index contributed by atoms with van der Waals surface area (Å²) in [5.74, 6) is 0.844. The van der Waals surface area contributed by atoms with E-state index in [1.54, 1.807) is 30.3 Å². The Morgan fingerprint density at radius 1 is 1.00 bits per heavy atom. The number of amides is 2. The number of nitrogens with one attached hydrogen (secondary N) is 2. The standard InChI is InChI=1S/C23H27N3O6S/c27-22-4-1-12-26(22)13-2-11-24-23(28)17-5-7-18(8-6-17)25-33(29,30)19-9-10-20-21(16-19)32-15-3-14-31-20/h5-10,16,25H,1-4,11-15H2,(H,24,28). The summed E-state index contributed by atoms with van der Waals surface area (Å²) in [7, 11) is -3.84. The molecular weight excluding hydrogens is 446 g/mol. The predicted octanol–water partition coefficient (Wildman–Crippen LogP) is 2.39. The minimum absolute atomic E-state index is 0.0602. The SMILES string of the molecule is O=C(NCCCN1CCCC1=O)c1ccc(NS(=O)(=O)c2ccc3c(c2)OCCCO3)cc1. The second-order valence-electron chi connectivity index (χ2n) is 7.94. The van der Waals surface area contributed by atoms with Crippen molar-refractivity contribution in [2.75, 3.05) is 37.6 Å². The third kappa shape index (κ3) is 5.75. The van der Waals surface area contributed by atoms with Gasteiger partial charge in [0.2, 0.25) is 5.91 Å². The third-order valence-electron chi connectivity index (χ3n) is 5.49. The smallest absolute Gasteiger partial charge is 0.262 e. The Morgan fingerprint density at radius 3 is 2.48 bits per heavy atom. The van der Waals surface area contributed by atoms with E-state index in [2.05, 4.69) is 10.0 Å². The van der Waals surface area contributed by atoms with Crippen molar-refractivity contribution in [1.82, 2.24) is 10.2 Å². The Balaban J connectivity index is 1.31. The second-order valence-corrected chi connectivity index (χ2v) is 9.62.